The summed E-state index contributed by atoms with van der Waals surface area (Å²) in [5, 5.41) is 3.57. The smallest absolute Gasteiger partial charge is 0.262 e. The number of nitrogens with one attached hydrogen (secondary N) is 1. The average Bonchev–Trinajstić information content (AvgIpc) is 2.70. The van der Waals surface area contributed by atoms with Gasteiger partial charge in [0.2, 0.25) is 5.91 Å². The Morgan fingerprint density at radius 2 is 2.07 bits per heavy atom. The molecule has 1 heterocycles. The van der Waals surface area contributed by atoms with Crippen molar-refractivity contribution in [2.45, 2.75) is 18.1 Å². The third-order valence-electron chi connectivity index (χ3n) is 4.15. The highest BCUT2D eigenvalue weighted by Gasteiger charge is 2.15. The Balaban J connectivity index is 1.83. The fraction of sp³-hybridized carbons (Fsp3) is 0.250. The van der Waals surface area contributed by atoms with Gasteiger partial charge in [-0.15, -0.1) is 0 Å². The molecule has 3 aromatic rings. The molecule has 0 spiro atoms. The van der Waals surface area contributed by atoms with E-state index in [9.17, 15) is 18.4 Å². The van der Waals surface area contributed by atoms with Crippen LogP contribution >= 0.6 is 23.4 Å². The van der Waals surface area contributed by atoms with Gasteiger partial charge in [-0.2, -0.15) is 0 Å². The summed E-state index contributed by atoms with van der Waals surface area (Å²) in [6.45, 7) is 0.814. The maximum atomic E-state index is 13.7. The fourth-order valence-electron chi connectivity index (χ4n) is 2.76. The lowest BCUT2D eigenvalue weighted by molar-refractivity contribution is -0.113. The lowest BCUT2D eigenvalue weighted by Gasteiger charge is -2.13. The van der Waals surface area contributed by atoms with Crippen LogP contribution in [-0.2, 0) is 16.1 Å². The van der Waals surface area contributed by atoms with Crippen molar-refractivity contribution in [3.05, 3.63) is 63.4 Å². The molecule has 0 aliphatic heterocycles. The number of nitrogens with zero attached hydrogens (tertiary/aromatic N) is 2. The molecule has 3 rings (SSSR count). The molecule has 10 heteroatoms. The number of fused-ring (bicyclic) bond motifs is 1. The van der Waals surface area contributed by atoms with Gasteiger partial charge in [0.1, 0.15) is 11.6 Å². The van der Waals surface area contributed by atoms with Gasteiger partial charge in [0.05, 0.1) is 22.3 Å². The monoisotopic (exact) mass is 453 g/mol. The predicted octanol–water partition coefficient (Wildman–Crippen LogP) is 4.10. The van der Waals surface area contributed by atoms with Gasteiger partial charge in [-0.25, -0.2) is 13.8 Å². The molecule has 6 nitrogen and oxygen atoms in total. The van der Waals surface area contributed by atoms with Crippen LogP contribution in [0, 0.1) is 11.6 Å². The third-order valence-corrected chi connectivity index (χ3v) is 5.36. The zero-order valence-corrected chi connectivity index (χ0v) is 17.5. The zero-order valence-electron chi connectivity index (χ0n) is 16.0. The van der Waals surface area contributed by atoms with E-state index in [0.717, 1.165) is 23.9 Å². The van der Waals surface area contributed by atoms with Gasteiger partial charge in [0.15, 0.2) is 5.16 Å². The van der Waals surface area contributed by atoms with Crippen LogP contribution in [0.1, 0.15) is 6.42 Å². The van der Waals surface area contributed by atoms with Gasteiger partial charge in [-0.05, 0) is 36.8 Å². The molecular weight excluding hydrogens is 436 g/mol. The summed E-state index contributed by atoms with van der Waals surface area (Å²) >= 11 is 7.05. The summed E-state index contributed by atoms with van der Waals surface area (Å²) < 4.78 is 33.3. The number of halogens is 3. The van der Waals surface area contributed by atoms with E-state index in [1.165, 1.54) is 4.57 Å². The standard InChI is InChI=1S/C20H18ClF2N3O3S/c1-29-8-2-7-26-19(28)14-5-3-12(21)9-17(14)25-20(26)30-11-18(27)24-16-6-4-13(22)10-15(16)23/h3-6,9-10H,2,7-8,11H2,1H3,(H,24,27). The summed E-state index contributed by atoms with van der Waals surface area (Å²) in [5.74, 6) is -2.25. The number of rotatable bonds is 8. The van der Waals surface area contributed by atoms with Gasteiger partial charge in [-0.1, -0.05) is 23.4 Å². The van der Waals surface area contributed by atoms with Crippen molar-refractivity contribution in [2.24, 2.45) is 0 Å². The molecule has 0 aliphatic rings. The highest BCUT2D eigenvalue weighted by Crippen LogP contribution is 2.22. The van der Waals surface area contributed by atoms with Gasteiger partial charge < -0.3 is 10.1 Å². The Hall–Kier alpha value is -2.49. The Kier molecular flexibility index (Phi) is 7.41. The van der Waals surface area contributed by atoms with E-state index in [1.807, 2.05) is 0 Å². The number of methoxy groups -OCH3 is 1. The van der Waals surface area contributed by atoms with Crippen molar-refractivity contribution in [3.8, 4) is 0 Å². The van der Waals surface area contributed by atoms with E-state index in [1.54, 1.807) is 25.3 Å². The Morgan fingerprint density at radius 3 is 2.80 bits per heavy atom. The van der Waals surface area contributed by atoms with E-state index in [4.69, 9.17) is 16.3 Å². The number of carbonyl (C=O) groups is 1. The van der Waals surface area contributed by atoms with Gasteiger partial charge >= 0.3 is 0 Å². The molecule has 0 radical (unpaired) electrons. The second-order valence-corrected chi connectivity index (χ2v) is 7.70. The molecular formula is C20H18ClF2N3O3S. The minimum Gasteiger partial charge on any atom is -0.385 e. The number of anilines is 1. The van der Waals surface area contributed by atoms with Crippen LogP contribution in [0.2, 0.25) is 5.02 Å². The number of carbonyl (C=O) groups excluding carboxylic acids is 1. The number of hydrogen-bond acceptors (Lipinski definition) is 5. The Morgan fingerprint density at radius 1 is 1.27 bits per heavy atom. The summed E-state index contributed by atoms with van der Waals surface area (Å²) in [5.41, 5.74) is 0.0426. The molecule has 30 heavy (non-hydrogen) atoms. The maximum Gasteiger partial charge on any atom is 0.262 e. The van der Waals surface area contributed by atoms with Crippen molar-refractivity contribution >= 4 is 45.9 Å². The van der Waals surface area contributed by atoms with E-state index in [2.05, 4.69) is 10.3 Å². The number of aromatic nitrogens is 2. The van der Waals surface area contributed by atoms with Crippen molar-refractivity contribution in [2.75, 3.05) is 24.8 Å². The molecule has 0 unspecified atom stereocenters. The van der Waals surface area contributed by atoms with Crippen LogP contribution in [0.5, 0.6) is 0 Å². The van der Waals surface area contributed by atoms with Crippen molar-refractivity contribution in [1.29, 1.82) is 0 Å². The summed E-state index contributed by atoms with van der Waals surface area (Å²) in [7, 11) is 1.57. The summed E-state index contributed by atoms with van der Waals surface area (Å²) in [6.07, 6.45) is 0.581. The van der Waals surface area contributed by atoms with Crippen LogP contribution in [0.15, 0.2) is 46.3 Å². The van der Waals surface area contributed by atoms with Crippen molar-refractivity contribution in [3.63, 3.8) is 0 Å². The van der Waals surface area contributed by atoms with Crippen molar-refractivity contribution < 1.29 is 18.3 Å². The molecule has 1 N–H and O–H groups in total. The summed E-state index contributed by atoms with van der Waals surface area (Å²) in [6, 6.07) is 7.68. The topological polar surface area (TPSA) is 73.2 Å². The molecule has 2 aromatic carbocycles. The lowest BCUT2D eigenvalue weighted by Crippen LogP contribution is -2.25. The molecule has 1 amide bonds. The number of ether oxygens (including phenoxy) is 1. The van der Waals surface area contributed by atoms with Crippen LogP contribution < -0.4 is 10.9 Å². The summed E-state index contributed by atoms with van der Waals surface area (Å²) in [4.78, 5) is 29.6. The van der Waals surface area contributed by atoms with E-state index >= 15 is 0 Å². The molecule has 0 fully saturated rings. The molecule has 0 saturated heterocycles. The van der Waals surface area contributed by atoms with Crippen LogP contribution in [0.4, 0.5) is 14.5 Å². The first kappa shape index (κ1) is 22.2. The SMILES string of the molecule is COCCCn1c(SCC(=O)Nc2ccc(F)cc2F)nc2cc(Cl)ccc2c1=O. The van der Waals surface area contributed by atoms with Gasteiger partial charge in [-0.3, -0.25) is 14.2 Å². The number of thioether (sulfide) groups is 1. The number of hydrogen-bond donors (Lipinski definition) is 1. The normalized spacial score (nSPS) is 11.1. The lowest BCUT2D eigenvalue weighted by atomic mass is 10.2. The van der Waals surface area contributed by atoms with Crippen molar-refractivity contribution in [1.82, 2.24) is 9.55 Å². The first-order valence-corrected chi connectivity index (χ1v) is 10.3. The molecule has 1 aromatic heterocycles. The van der Waals surface area contributed by atoms with Crippen LogP contribution in [0.3, 0.4) is 0 Å². The number of amides is 1. The average molecular weight is 454 g/mol. The van der Waals surface area contributed by atoms with E-state index < -0.39 is 17.5 Å². The molecule has 0 bridgehead atoms. The van der Waals surface area contributed by atoms with Gasteiger partial charge in [0.25, 0.3) is 5.56 Å². The highest BCUT2D eigenvalue weighted by atomic mass is 35.5. The first-order valence-electron chi connectivity index (χ1n) is 8.96. The minimum absolute atomic E-state index is 0.125. The van der Waals surface area contributed by atoms with E-state index in [0.29, 0.717) is 46.7 Å². The second-order valence-electron chi connectivity index (χ2n) is 6.32. The molecule has 0 saturated carbocycles. The van der Waals surface area contributed by atoms with Crippen LogP contribution in [-0.4, -0.2) is 34.9 Å². The Labute approximate surface area is 180 Å². The maximum absolute atomic E-state index is 13.7. The van der Waals surface area contributed by atoms with Gasteiger partial charge in [0, 0.05) is 31.4 Å². The van der Waals surface area contributed by atoms with E-state index in [-0.39, 0.29) is 17.0 Å². The van der Waals surface area contributed by atoms with Crippen LogP contribution in [0.25, 0.3) is 10.9 Å². The molecule has 0 atom stereocenters. The Bertz CT molecular complexity index is 1140. The largest absolute Gasteiger partial charge is 0.385 e. The second kappa shape index (κ2) is 10.0. The highest BCUT2D eigenvalue weighted by molar-refractivity contribution is 7.99. The molecule has 0 aliphatic carbocycles. The zero-order chi connectivity index (χ0) is 21.7. The third kappa shape index (κ3) is 5.35. The quantitative estimate of drug-likeness (QED) is 0.316. The molecule has 158 valence electrons. The fourth-order valence-corrected chi connectivity index (χ4v) is 3.75. The number of benzene rings is 2. The predicted molar refractivity (Wildman–Crippen MR) is 113 cm³/mol. The minimum atomic E-state index is -0.872. The first-order chi connectivity index (χ1) is 14.4.